The summed E-state index contributed by atoms with van der Waals surface area (Å²) in [6, 6.07) is 8.34. The Morgan fingerprint density at radius 1 is 1.23 bits per heavy atom. The minimum absolute atomic E-state index is 0.0343. The molecule has 0 fully saturated rings. The number of carbonyl (C=O) groups excluding carboxylic acids is 2. The van der Waals surface area contributed by atoms with Gasteiger partial charge in [-0.3, -0.25) is 0 Å². The SMILES string of the molecule is CC(CC(=O)ONC(=O)OCc1ccccc1)NO[SH](=O)=O. The summed E-state index contributed by atoms with van der Waals surface area (Å²) in [5, 5.41) is 0. The summed E-state index contributed by atoms with van der Waals surface area (Å²) in [6.45, 7) is 1.53. The van der Waals surface area contributed by atoms with Crippen molar-refractivity contribution in [2.75, 3.05) is 0 Å². The normalized spacial score (nSPS) is 11.7. The zero-order valence-electron chi connectivity index (χ0n) is 11.7. The Morgan fingerprint density at radius 3 is 2.55 bits per heavy atom. The number of hydrogen-bond donors (Lipinski definition) is 3. The van der Waals surface area contributed by atoms with Crippen molar-refractivity contribution in [3.8, 4) is 0 Å². The van der Waals surface area contributed by atoms with E-state index in [2.05, 4.69) is 14.6 Å². The fourth-order valence-corrected chi connectivity index (χ4v) is 1.58. The molecule has 0 bridgehead atoms. The van der Waals surface area contributed by atoms with Crippen molar-refractivity contribution in [1.82, 2.24) is 11.0 Å². The van der Waals surface area contributed by atoms with Gasteiger partial charge in [0.1, 0.15) is 6.61 Å². The minimum atomic E-state index is -3.06. The minimum Gasteiger partial charge on any atom is -0.443 e. The molecule has 1 unspecified atom stereocenters. The molecule has 9 nitrogen and oxygen atoms in total. The second-order valence-corrected chi connectivity index (χ2v) is 4.81. The van der Waals surface area contributed by atoms with Crippen LogP contribution >= 0.6 is 0 Å². The Kier molecular flexibility index (Phi) is 7.89. The lowest BCUT2D eigenvalue weighted by molar-refractivity contribution is -0.150. The largest absolute Gasteiger partial charge is 0.443 e. The predicted octanol–water partition coefficient (Wildman–Crippen LogP) is 0.197. The van der Waals surface area contributed by atoms with Crippen LogP contribution in [0.3, 0.4) is 0 Å². The molecule has 0 heterocycles. The molecule has 1 amide bonds. The molecule has 22 heavy (non-hydrogen) atoms. The molecule has 0 saturated heterocycles. The van der Waals surface area contributed by atoms with E-state index < -0.39 is 29.1 Å². The molecule has 2 N–H and O–H groups in total. The van der Waals surface area contributed by atoms with Crippen LogP contribution in [-0.2, 0) is 36.2 Å². The molecule has 0 radical (unpaired) electrons. The van der Waals surface area contributed by atoms with Crippen LogP contribution in [-0.4, -0.2) is 26.5 Å². The Morgan fingerprint density at radius 2 is 1.91 bits per heavy atom. The van der Waals surface area contributed by atoms with E-state index in [0.717, 1.165) is 5.56 Å². The highest BCUT2D eigenvalue weighted by molar-refractivity contribution is 7.67. The lowest BCUT2D eigenvalue weighted by Gasteiger charge is -2.10. The summed E-state index contributed by atoms with van der Waals surface area (Å²) >= 11 is 0. The maximum Gasteiger partial charge on any atom is 0.441 e. The van der Waals surface area contributed by atoms with Crippen molar-refractivity contribution in [3.63, 3.8) is 0 Å². The first-order valence-electron chi connectivity index (χ1n) is 6.20. The maximum absolute atomic E-state index is 11.3. The summed E-state index contributed by atoms with van der Waals surface area (Å²) in [5.41, 5.74) is 4.71. The van der Waals surface area contributed by atoms with E-state index in [-0.39, 0.29) is 13.0 Å². The van der Waals surface area contributed by atoms with Gasteiger partial charge in [0.2, 0.25) is 0 Å². The molecular formula is C12H16N2O7S. The van der Waals surface area contributed by atoms with Gasteiger partial charge >= 0.3 is 12.1 Å². The molecule has 1 aromatic carbocycles. The number of hydrogen-bond acceptors (Lipinski definition) is 8. The van der Waals surface area contributed by atoms with Gasteiger partial charge < -0.3 is 9.57 Å². The molecule has 1 atom stereocenters. The maximum atomic E-state index is 11.3. The Labute approximate surface area is 128 Å². The van der Waals surface area contributed by atoms with Crippen molar-refractivity contribution in [1.29, 1.82) is 0 Å². The van der Waals surface area contributed by atoms with Gasteiger partial charge in [-0.1, -0.05) is 30.3 Å². The molecule has 0 aliphatic rings. The fraction of sp³-hybridized carbons (Fsp3) is 0.333. The monoisotopic (exact) mass is 332 g/mol. The Hall–Kier alpha value is -2.17. The summed E-state index contributed by atoms with van der Waals surface area (Å²) in [5.74, 6) is -0.790. The highest BCUT2D eigenvalue weighted by Gasteiger charge is 2.13. The summed E-state index contributed by atoms with van der Waals surface area (Å²) < 4.78 is 29.2. The number of rotatable bonds is 7. The van der Waals surface area contributed by atoms with Crippen LogP contribution in [0.15, 0.2) is 30.3 Å². The van der Waals surface area contributed by atoms with E-state index in [0.29, 0.717) is 0 Å². The van der Waals surface area contributed by atoms with Crippen LogP contribution in [0.25, 0.3) is 0 Å². The number of carbonyl (C=O) groups is 2. The Balaban J connectivity index is 2.18. The summed E-state index contributed by atoms with van der Waals surface area (Å²) in [4.78, 5) is 27.1. The van der Waals surface area contributed by atoms with E-state index in [1.165, 1.54) is 6.92 Å². The topological polar surface area (TPSA) is 120 Å². The molecule has 0 saturated carbocycles. The molecule has 0 aliphatic heterocycles. The zero-order chi connectivity index (χ0) is 16.4. The van der Waals surface area contributed by atoms with Gasteiger partial charge in [-0.2, -0.15) is 9.76 Å². The summed E-state index contributed by atoms with van der Waals surface area (Å²) in [6.07, 6.45) is -1.14. The molecule has 0 spiro atoms. The molecule has 0 aromatic heterocycles. The van der Waals surface area contributed by atoms with Gasteiger partial charge in [-0.15, -0.1) is 5.48 Å². The van der Waals surface area contributed by atoms with E-state index >= 15 is 0 Å². The predicted molar refractivity (Wildman–Crippen MR) is 74.5 cm³/mol. The van der Waals surface area contributed by atoms with Gasteiger partial charge in [0.25, 0.3) is 11.0 Å². The first-order valence-corrected chi connectivity index (χ1v) is 7.30. The van der Waals surface area contributed by atoms with Crippen LogP contribution < -0.4 is 11.0 Å². The highest BCUT2D eigenvalue weighted by Crippen LogP contribution is 2.00. The lowest BCUT2D eigenvalue weighted by atomic mass is 10.2. The van der Waals surface area contributed by atoms with E-state index in [4.69, 9.17) is 4.74 Å². The van der Waals surface area contributed by atoms with Crippen molar-refractivity contribution in [2.24, 2.45) is 0 Å². The molecule has 0 aliphatic carbocycles. The molecule has 1 aromatic rings. The van der Waals surface area contributed by atoms with Crippen molar-refractivity contribution >= 4 is 23.0 Å². The number of amides is 1. The second kappa shape index (κ2) is 9.71. The van der Waals surface area contributed by atoms with Crippen LogP contribution in [0.5, 0.6) is 0 Å². The number of hydroxylamine groups is 2. The fourth-order valence-electron chi connectivity index (χ4n) is 1.32. The number of ether oxygens (including phenoxy) is 1. The highest BCUT2D eigenvalue weighted by atomic mass is 32.2. The van der Waals surface area contributed by atoms with Gasteiger partial charge in [0.05, 0.1) is 6.42 Å². The molecule has 10 heteroatoms. The third kappa shape index (κ3) is 8.19. The first kappa shape index (κ1) is 17.9. The van der Waals surface area contributed by atoms with Crippen LogP contribution in [0.1, 0.15) is 18.9 Å². The van der Waals surface area contributed by atoms with Gasteiger partial charge in [-0.25, -0.2) is 18.0 Å². The summed E-state index contributed by atoms with van der Waals surface area (Å²) in [7, 11) is -3.06. The number of benzene rings is 1. The second-order valence-electron chi connectivity index (χ2n) is 4.18. The van der Waals surface area contributed by atoms with Crippen molar-refractivity contribution < 1.29 is 31.9 Å². The average molecular weight is 332 g/mol. The van der Waals surface area contributed by atoms with Crippen LogP contribution in [0, 0.1) is 0 Å². The van der Waals surface area contributed by atoms with E-state index in [1.54, 1.807) is 24.3 Å². The quantitative estimate of drug-likeness (QED) is 0.478. The van der Waals surface area contributed by atoms with Crippen LogP contribution in [0.2, 0.25) is 0 Å². The smallest absolute Gasteiger partial charge is 0.441 e. The van der Waals surface area contributed by atoms with Crippen LogP contribution in [0.4, 0.5) is 4.79 Å². The average Bonchev–Trinajstić information content (AvgIpc) is 2.50. The third-order valence-electron chi connectivity index (χ3n) is 2.26. The van der Waals surface area contributed by atoms with Crippen molar-refractivity contribution in [3.05, 3.63) is 35.9 Å². The van der Waals surface area contributed by atoms with E-state index in [1.807, 2.05) is 11.5 Å². The van der Waals surface area contributed by atoms with Gasteiger partial charge in [-0.05, 0) is 12.5 Å². The standard InChI is InChI=1S/C12H16N2O7S/c1-9(13-21-22(17)18)7-11(15)20-14-12(16)19-8-10-5-3-2-4-6-10/h2-6,9,13,22H,7-8H2,1H3,(H,14,16). The van der Waals surface area contributed by atoms with Crippen molar-refractivity contribution in [2.45, 2.75) is 26.0 Å². The third-order valence-corrected chi connectivity index (χ3v) is 2.52. The first-order chi connectivity index (χ1) is 10.5. The lowest BCUT2D eigenvalue weighted by Crippen LogP contribution is -2.33. The van der Waals surface area contributed by atoms with Gasteiger partial charge in [0.15, 0.2) is 0 Å². The molecular weight excluding hydrogens is 316 g/mol. The van der Waals surface area contributed by atoms with E-state index in [9.17, 15) is 18.0 Å². The molecule has 122 valence electrons. The molecule has 1 rings (SSSR count). The zero-order valence-corrected chi connectivity index (χ0v) is 12.6. The number of nitrogens with one attached hydrogen (secondary N) is 2. The number of thiol groups is 1. The van der Waals surface area contributed by atoms with Gasteiger partial charge in [0, 0.05) is 6.04 Å². The Bertz CT molecular complexity index is 554.